The second-order valence-corrected chi connectivity index (χ2v) is 7.13. The van der Waals surface area contributed by atoms with Gasteiger partial charge >= 0.3 is 0 Å². The molecule has 6 nitrogen and oxygen atoms in total. The van der Waals surface area contributed by atoms with E-state index in [1.807, 2.05) is 13.0 Å². The molecule has 0 saturated carbocycles. The third-order valence-corrected chi connectivity index (χ3v) is 5.16. The Labute approximate surface area is 172 Å². The number of amides is 1. The Kier molecular flexibility index (Phi) is 4.95. The van der Waals surface area contributed by atoms with Crippen molar-refractivity contribution in [2.24, 2.45) is 0 Å². The van der Waals surface area contributed by atoms with Gasteiger partial charge in [-0.3, -0.25) is 9.78 Å². The highest BCUT2D eigenvalue weighted by atomic mass is 19.1. The third-order valence-electron chi connectivity index (χ3n) is 5.16. The van der Waals surface area contributed by atoms with Crippen LogP contribution < -0.4 is 5.32 Å². The molecule has 0 saturated heterocycles. The zero-order valence-corrected chi connectivity index (χ0v) is 16.8. The molecule has 0 bridgehead atoms. The smallest absolute Gasteiger partial charge is 0.255 e. The van der Waals surface area contributed by atoms with Gasteiger partial charge in [0.25, 0.3) is 5.91 Å². The fourth-order valence-corrected chi connectivity index (χ4v) is 3.73. The first-order chi connectivity index (χ1) is 14.4. The van der Waals surface area contributed by atoms with Crippen LogP contribution in [0.4, 0.5) is 4.39 Å². The number of halogens is 1. The molecule has 0 fully saturated rings. The fourth-order valence-electron chi connectivity index (χ4n) is 3.73. The number of phenols is 1. The lowest BCUT2D eigenvalue weighted by Crippen LogP contribution is -2.24. The SMILES string of the molecule is Cc1noc(C)c1-c1c(C)c(C(=O)NCc2ccc(F)cc2)c(O)c2ncccc12. The van der Waals surface area contributed by atoms with Crippen LogP contribution in [0.15, 0.2) is 47.1 Å². The summed E-state index contributed by atoms with van der Waals surface area (Å²) in [5, 5.41) is 18.4. The molecule has 4 aromatic rings. The number of aromatic nitrogens is 2. The molecule has 30 heavy (non-hydrogen) atoms. The Morgan fingerprint density at radius 1 is 1.13 bits per heavy atom. The van der Waals surface area contributed by atoms with E-state index < -0.39 is 5.91 Å². The Bertz CT molecular complexity index is 1240. The molecule has 2 aromatic carbocycles. The summed E-state index contributed by atoms with van der Waals surface area (Å²) in [5.74, 6) is -0.363. The number of rotatable bonds is 4. The first-order valence-corrected chi connectivity index (χ1v) is 9.44. The number of benzene rings is 2. The molecule has 0 aliphatic carbocycles. The molecule has 1 amide bonds. The normalized spacial score (nSPS) is 11.1. The molecule has 0 aliphatic heterocycles. The van der Waals surface area contributed by atoms with Crippen LogP contribution in [0.1, 0.15) is 32.9 Å². The maximum absolute atomic E-state index is 13.1. The van der Waals surface area contributed by atoms with E-state index in [1.165, 1.54) is 12.1 Å². The zero-order valence-electron chi connectivity index (χ0n) is 16.8. The second kappa shape index (κ2) is 7.59. The number of carbonyl (C=O) groups is 1. The average molecular weight is 405 g/mol. The van der Waals surface area contributed by atoms with Gasteiger partial charge in [-0.25, -0.2) is 4.39 Å². The number of hydrogen-bond acceptors (Lipinski definition) is 5. The van der Waals surface area contributed by atoms with Gasteiger partial charge in [-0.2, -0.15) is 0 Å². The molecule has 2 N–H and O–H groups in total. The van der Waals surface area contributed by atoms with E-state index in [-0.39, 0.29) is 23.7 Å². The van der Waals surface area contributed by atoms with Crippen LogP contribution in [-0.2, 0) is 6.54 Å². The van der Waals surface area contributed by atoms with Gasteiger partial charge in [-0.1, -0.05) is 23.4 Å². The second-order valence-electron chi connectivity index (χ2n) is 7.13. The molecular weight excluding hydrogens is 385 g/mol. The van der Waals surface area contributed by atoms with Crippen molar-refractivity contribution in [3.63, 3.8) is 0 Å². The summed E-state index contributed by atoms with van der Waals surface area (Å²) >= 11 is 0. The molecule has 0 unspecified atom stereocenters. The third kappa shape index (κ3) is 3.28. The lowest BCUT2D eigenvalue weighted by molar-refractivity contribution is 0.0948. The van der Waals surface area contributed by atoms with Crippen molar-refractivity contribution in [3.05, 3.63) is 76.6 Å². The molecule has 7 heteroatoms. The van der Waals surface area contributed by atoms with E-state index >= 15 is 0 Å². The number of hydrogen-bond donors (Lipinski definition) is 2. The predicted molar refractivity (Wildman–Crippen MR) is 111 cm³/mol. The van der Waals surface area contributed by atoms with Crippen molar-refractivity contribution < 1.29 is 18.8 Å². The zero-order chi connectivity index (χ0) is 21.4. The van der Waals surface area contributed by atoms with Crippen LogP contribution >= 0.6 is 0 Å². The van der Waals surface area contributed by atoms with Crippen molar-refractivity contribution in [2.45, 2.75) is 27.3 Å². The monoisotopic (exact) mass is 405 g/mol. The number of nitrogens with zero attached hydrogens (tertiary/aromatic N) is 2. The lowest BCUT2D eigenvalue weighted by Gasteiger charge is -2.17. The maximum Gasteiger partial charge on any atom is 0.255 e. The quantitative estimate of drug-likeness (QED) is 0.518. The highest BCUT2D eigenvalue weighted by molar-refractivity contribution is 6.10. The highest BCUT2D eigenvalue weighted by Gasteiger charge is 2.26. The Morgan fingerprint density at radius 3 is 2.53 bits per heavy atom. The van der Waals surface area contributed by atoms with Crippen LogP contribution in [0.5, 0.6) is 5.75 Å². The van der Waals surface area contributed by atoms with Gasteiger partial charge in [0, 0.05) is 29.3 Å². The van der Waals surface area contributed by atoms with Gasteiger partial charge < -0.3 is 14.9 Å². The van der Waals surface area contributed by atoms with Crippen LogP contribution in [0.25, 0.3) is 22.0 Å². The van der Waals surface area contributed by atoms with Gasteiger partial charge in [0.1, 0.15) is 17.1 Å². The van der Waals surface area contributed by atoms with Crippen molar-refractivity contribution >= 4 is 16.8 Å². The maximum atomic E-state index is 13.1. The summed E-state index contributed by atoms with van der Waals surface area (Å²) in [5.41, 5.74) is 4.01. The van der Waals surface area contributed by atoms with E-state index in [0.29, 0.717) is 27.9 Å². The molecule has 4 rings (SSSR count). The van der Waals surface area contributed by atoms with E-state index in [2.05, 4.69) is 15.5 Å². The van der Waals surface area contributed by atoms with Crippen LogP contribution in [0.2, 0.25) is 0 Å². The summed E-state index contributed by atoms with van der Waals surface area (Å²) < 4.78 is 18.4. The highest BCUT2D eigenvalue weighted by Crippen LogP contribution is 2.41. The molecule has 2 aromatic heterocycles. The van der Waals surface area contributed by atoms with Crippen molar-refractivity contribution in [2.75, 3.05) is 0 Å². The minimum Gasteiger partial charge on any atom is -0.505 e. The summed E-state index contributed by atoms with van der Waals surface area (Å²) in [7, 11) is 0. The first kappa shape index (κ1) is 19.6. The molecule has 152 valence electrons. The van der Waals surface area contributed by atoms with Crippen molar-refractivity contribution in [3.8, 4) is 16.9 Å². The Hall–Kier alpha value is -3.74. The number of pyridine rings is 1. The van der Waals surface area contributed by atoms with Crippen LogP contribution in [-0.4, -0.2) is 21.2 Å². The molecule has 0 aliphatic rings. The topological polar surface area (TPSA) is 88.2 Å². The molecular formula is C23H20FN3O3. The van der Waals surface area contributed by atoms with Crippen molar-refractivity contribution in [1.29, 1.82) is 0 Å². The molecule has 0 radical (unpaired) electrons. The molecule has 0 spiro atoms. The van der Waals surface area contributed by atoms with E-state index in [9.17, 15) is 14.3 Å². The summed E-state index contributed by atoms with van der Waals surface area (Å²) in [4.78, 5) is 17.4. The Morgan fingerprint density at radius 2 is 1.87 bits per heavy atom. The first-order valence-electron chi connectivity index (χ1n) is 9.44. The van der Waals surface area contributed by atoms with E-state index in [4.69, 9.17) is 4.52 Å². The standard InChI is InChI=1S/C23H20FN3O3/c1-12-18(20-13(2)27-30-14(20)3)17-5-4-10-25-21(17)22(28)19(12)23(29)26-11-15-6-8-16(24)9-7-15/h4-10,28H,11H2,1-3H3,(H,26,29). The summed E-state index contributed by atoms with van der Waals surface area (Å²) in [6, 6.07) is 9.48. The van der Waals surface area contributed by atoms with E-state index in [1.54, 1.807) is 38.2 Å². The van der Waals surface area contributed by atoms with Gasteiger partial charge in [0.2, 0.25) is 0 Å². The number of nitrogens with one attached hydrogen (secondary N) is 1. The lowest BCUT2D eigenvalue weighted by atomic mass is 9.90. The van der Waals surface area contributed by atoms with Gasteiger partial charge in [0.15, 0.2) is 5.75 Å². The van der Waals surface area contributed by atoms with Crippen LogP contribution in [0, 0.1) is 26.6 Å². The predicted octanol–water partition coefficient (Wildman–Crippen LogP) is 4.59. The van der Waals surface area contributed by atoms with Gasteiger partial charge in [0.05, 0.1) is 11.3 Å². The van der Waals surface area contributed by atoms with E-state index in [0.717, 1.165) is 16.7 Å². The van der Waals surface area contributed by atoms with Crippen molar-refractivity contribution in [1.82, 2.24) is 15.5 Å². The van der Waals surface area contributed by atoms with Gasteiger partial charge in [-0.05, 0) is 50.1 Å². The number of fused-ring (bicyclic) bond motifs is 1. The number of carbonyl (C=O) groups excluding carboxylic acids is 1. The summed E-state index contributed by atoms with van der Waals surface area (Å²) in [6.07, 6.45) is 1.56. The number of phenolic OH excluding ortho intramolecular Hbond substituents is 1. The fraction of sp³-hybridized carbons (Fsp3) is 0.174. The van der Waals surface area contributed by atoms with Crippen LogP contribution in [0.3, 0.4) is 0 Å². The van der Waals surface area contributed by atoms with Gasteiger partial charge in [-0.15, -0.1) is 0 Å². The average Bonchev–Trinajstić information content (AvgIpc) is 3.06. The number of aryl methyl sites for hydroxylation is 2. The Balaban J connectivity index is 1.84. The minimum atomic E-state index is -0.449. The largest absolute Gasteiger partial charge is 0.505 e. The number of aromatic hydroxyl groups is 1. The molecule has 0 atom stereocenters. The molecule has 2 heterocycles. The minimum absolute atomic E-state index is 0.137. The summed E-state index contributed by atoms with van der Waals surface area (Å²) in [6.45, 7) is 5.60.